The highest BCUT2D eigenvalue weighted by Crippen LogP contribution is 2.30. The molecule has 0 bridgehead atoms. The van der Waals surface area contributed by atoms with E-state index >= 15 is 0 Å². The number of rotatable bonds is 4. The van der Waals surface area contributed by atoms with E-state index in [1.54, 1.807) is 6.92 Å². The van der Waals surface area contributed by atoms with Crippen LogP contribution < -0.4 is 15.4 Å². The summed E-state index contributed by atoms with van der Waals surface area (Å²) in [5, 5.41) is 14.0. The average Bonchev–Trinajstić information content (AvgIpc) is 2.40. The zero-order chi connectivity index (χ0) is 15.3. The van der Waals surface area contributed by atoms with Crippen LogP contribution in [0, 0.1) is 12.3 Å². The molecule has 3 N–H and O–H groups in total. The van der Waals surface area contributed by atoms with Gasteiger partial charge in [0.2, 0.25) is 0 Å². The molecule has 0 aliphatic carbocycles. The van der Waals surface area contributed by atoms with E-state index < -0.39 is 18.0 Å². The van der Waals surface area contributed by atoms with E-state index in [9.17, 15) is 9.59 Å². The largest absolute Gasteiger partial charge is 0.496 e. The number of halogens is 1. The standard InChI is InChI=1S/C13H13ClN2O4/c1-4-7(2)15-13(19)16-10-6-11(20-3)8(12(17)18)5-9(10)14/h1,5-7H,2-3H3,(H,17,18)(H2,15,16,19). The van der Waals surface area contributed by atoms with Crippen LogP contribution in [0.15, 0.2) is 12.1 Å². The van der Waals surface area contributed by atoms with Gasteiger partial charge in [-0.3, -0.25) is 0 Å². The molecule has 0 fully saturated rings. The number of carbonyl (C=O) groups is 2. The molecule has 0 aliphatic heterocycles. The molecule has 7 heteroatoms. The van der Waals surface area contributed by atoms with Crippen LogP contribution >= 0.6 is 11.6 Å². The lowest BCUT2D eigenvalue weighted by Gasteiger charge is -2.13. The zero-order valence-electron chi connectivity index (χ0n) is 10.9. The van der Waals surface area contributed by atoms with Gasteiger partial charge >= 0.3 is 12.0 Å². The van der Waals surface area contributed by atoms with E-state index in [0.717, 1.165) is 0 Å². The Labute approximate surface area is 121 Å². The third-order valence-corrected chi connectivity index (χ3v) is 2.68. The van der Waals surface area contributed by atoms with Gasteiger partial charge in [-0.2, -0.15) is 0 Å². The Morgan fingerprint density at radius 1 is 1.50 bits per heavy atom. The van der Waals surface area contributed by atoms with Crippen LogP contribution in [0.2, 0.25) is 5.02 Å². The first-order valence-corrected chi connectivity index (χ1v) is 5.91. The molecule has 1 aromatic carbocycles. The van der Waals surface area contributed by atoms with E-state index in [1.165, 1.54) is 19.2 Å². The topological polar surface area (TPSA) is 87.7 Å². The summed E-state index contributed by atoms with van der Waals surface area (Å²) >= 11 is 5.92. The number of methoxy groups -OCH3 is 1. The maximum absolute atomic E-state index is 11.6. The van der Waals surface area contributed by atoms with Gasteiger partial charge in [0.25, 0.3) is 0 Å². The maximum atomic E-state index is 11.6. The Balaban J connectivity index is 3.00. The van der Waals surface area contributed by atoms with Crippen LogP contribution in [0.1, 0.15) is 17.3 Å². The third-order valence-electron chi connectivity index (χ3n) is 2.37. The first-order valence-electron chi connectivity index (χ1n) is 5.53. The molecule has 0 heterocycles. The van der Waals surface area contributed by atoms with E-state index in [1.807, 2.05) is 0 Å². The number of nitrogens with one attached hydrogen (secondary N) is 2. The van der Waals surface area contributed by atoms with Crippen molar-refractivity contribution in [1.29, 1.82) is 0 Å². The second-order valence-electron chi connectivity index (χ2n) is 3.82. The van der Waals surface area contributed by atoms with Gasteiger partial charge in [0.1, 0.15) is 11.3 Å². The minimum atomic E-state index is -1.18. The quantitative estimate of drug-likeness (QED) is 0.743. The molecule has 0 radical (unpaired) electrons. The SMILES string of the molecule is C#CC(C)NC(=O)Nc1cc(OC)c(C(=O)O)cc1Cl. The predicted octanol–water partition coefficient (Wildman–Crippen LogP) is 2.19. The maximum Gasteiger partial charge on any atom is 0.339 e. The van der Waals surface area contributed by atoms with Crippen LogP contribution in [-0.4, -0.2) is 30.3 Å². The monoisotopic (exact) mass is 296 g/mol. The summed E-state index contributed by atoms with van der Waals surface area (Å²) in [5.74, 6) is 1.24. The van der Waals surface area contributed by atoms with Crippen LogP contribution in [-0.2, 0) is 0 Å². The Bertz CT molecular complexity index is 580. The Morgan fingerprint density at radius 3 is 2.65 bits per heavy atom. The number of urea groups is 1. The van der Waals surface area contributed by atoms with Crippen LogP contribution in [0.4, 0.5) is 10.5 Å². The van der Waals surface area contributed by atoms with Crippen molar-refractivity contribution in [2.24, 2.45) is 0 Å². The number of carbonyl (C=O) groups excluding carboxylic acids is 1. The van der Waals surface area contributed by atoms with Crippen molar-refractivity contribution >= 4 is 29.3 Å². The number of terminal acetylenes is 1. The highest BCUT2D eigenvalue weighted by Gasteiger charge is 2.16. The van der Waals surface area contributed by atoms with E-state index in [2.05, 4.69) is 16.6 Å². The Hall–Kier alpha value is -2.39. The highest BCUT2D eigenvalue weighted by molar-refractivity contribution is 6.34. The number of benzene rings is 1. The van der Waals surface area contributed by atoms with E-state index in [0.29, 0.717) is 0 Å². The lowest BCUT2D eigenvalue weighted by molar-refractivity contribution is 0.0693. The predicted molar refractivity (Wildman–Crippen MR) is 75.4 cm³/mol. The molecule has 0 saturated carbocycles. The summed E-state index contributed by atoms with van der Waals surface area (Å²) < 4.78 is 4.94. The molecule has 0 saturated heterocycles. The molecule has 2 amide bonds. The normalized spacial score (nSPS) is 11.1. The van der Waals surface area contributed by atoms with Gasteiger partial charge in [0.05, 0.1) is 23.9 Å². The second-order valence-corrected chi connectivity index (χ2v) is 4.23. The fourth-order valence-corrected chi connectivity index (χ4v) is 1.59. The summed E-state index contributed by atoms with van der Waals surface area (Å²) in [6.45, 7) is 1.63. The van der Waals surface area contributed by atoms with E-state index in [4.69, 9.17) is 27.9 Å². The number of carboxylic acids is 1. The fourth-order valence-electron chi connectivity index (χ4n) is 1.38. The van der Waals surface area contributed by atoms with Gasteiger partial charge < -0.3 is 20.5 Å². The number of hydrogen-bond donors (Lipinski definition) is 3. The Kier molecular flexibility index (Phi) is 5.23. The third kappa shape index (κ3) is 3.80. The molecule has 1 aromatic rings. The highest BCUT2D eigenvalue weighted by atomic mass is 35.5. The first-order chi connectivity index (χ1) is 9.38. The summed E-state index contributed by atoms with van der Waals surface area (Å²) in [6, 6.07) is 1.52. The van der Waals surface area contributed by atoms with Crippen molar-refractivity contribution in [3.8, 4) is 18.1 Å². The fraction of sp³-hybridized carbons (Fsp3) is 0.231. The van der Waals surface area contributed by atoms with Crippen LogP contribution in [0.25, 0.3) is 0 Å². The van der Waals surface area contributed by atoms with Gasteiger partial charge in [-0.25, -0.2) is 9.59 Å². The van der Waals surface area contributed by atoms with Gasteiger partial charge in [-0.1, -0.05) is 17.5 Å². The van der Waals surface area contributed by atoms with Gasteiger partial charge in [-0.15, -0.1) is 6.42 Å². The molecule has 1 rings (SSSR count). The van der Waals surface area contributed by atoms with Crippen molar-refractivity contribution in [3.05, 3.63) is 22.7 Å². The molecule has 0 aliphatic rings. The number of aromatic carboxylic acids is 1. The van der Waals surface area contributed by atoms with E-state index in [-0.39, 0.29) is 22.0 Å². The summed E-state index contributed by atoms with van der Waals surface area (Å²) in [4.78, 5) is 22.6. The van der Waals surface area contributed by atoms with Gasteiger partial charge in [0, 0.05) is 6.07 Å². The molecule has 1 atom stereocenters. The smallest absolute Gasteiger partial charge is 0.339 e. The number of carboxylic acid groups (broad SMARTS) is 1. The van der Waals surface area contributed by atoms with Crippen molar-refractivity contribution in [1.82, 2.24) is 5.32 Å². The molecule has 6 nitrogen and oxygen atoms in total. The lowest BCUT2D eigenvalue weighted by Crippen LogP contribution is -2.35. The van der Waals surface area contributed by atoms with Crippen molar-refractivity contribution < 1.29 is 19.4 Å². The Morgan fingerprint density at radius 2 is 2.15 bits per heavy atom. The molecule has 20 heavy (non-hydrogen) atoms. The van der Waals surface area contributed by atoms with Crippen molar-refractivity contribution in [2.75, 3.05) is 12.4 Å². The van der Waals surface area contributed by atoms with Crippen LogP contribution in [0.3, 0.4) is 0 Å². The molecule has 0 aromatic heterocycles. The zero-order valence-corrected chi connectivity index (χ0v) is 11.6. The van der Waals surface area contributed by atoms with Crippen molar-refractivity contribution in [3.63, 3.8) is 0 Å². The van der Waals surface area contributed by atoms with Crippen LogP contribution in [0.5, 0.6) is 5.75 Å². The number of hydrogen-bond acceptors (Lipinski definition) is 3. The lowest BCUT2D eigenvalue weighted by atomic mass is 10.2. The van der Waals surface area contributed by atoms with Gasteiger partial charge in [0.15, 0.2) is 0 Å². The minimum Gasteiger partial charge on any atom is -0.496 e. The molecular formula is C13H13ClN2O4. The minimum absolute atomic E-state index is 0.0757. The molecule has 0 spiro atoms. The molecule has 106 valence electrons. The number of ether oxygens (including phenoxy) is 1. The summed E-state index contributed by atoms with van der Waals surface area (Å²) in [7, 11) is 1.32. The second kappa shape index (κ2) is 6.68. The summed E-state index contributed by atoms with van der Waals surface area (Å²) in [5.41, 5.74) is 0.121. The molecule has 1 unspecified atom stereocenters. The van der Waals surface area contributed by atoms with Gasteiger partial charge in [-0.05, 0) is 13.0 Å². The average molecular weight is 297 g/mol. The first kappa shape index (κ1) is 15.7. The summed E-state index contributed by atoms with van der Waals surface area (Å²) in [6.07, 6.45) is 5.14. The number of anilines is 1. The number of amides is 2. The molecular weight excluding hydrogens is 284 g/mol. The van der Waals surface area contributed by atoms with Crippen molar-refractivity contribution in [2.45, 2.75) is 13.0 Å².